The van der Waals surface area contributed by atoms with Gasteiger partial charge in [0.2, 0.25) is 0 Å². The first-order valence-corrected chi connectivity index (χ1v) is 10.5. The molecule has 1 spiro atoms. The third-order valence-electron chi connectivity index (χ3n) is 7.01. The van der Waals surface area contributed by atoms with Crippen molar-refractivity contribution in [2.45, 2.75) is 51.0 Å². The van der Waals surface area contributed by atoms with E-state index >= 15 is 0 Å². The second-order valence-electron chi connectivity index (χ2n) is 8.51. The number of piperidine rings is 2. The minimum absolute atomic E-state index is 0.0928. The summed E-state index contributed by atoms with van der Waals surface area (Å²) in [6.07, 6.45) is 12.9. The number of anilines is 1. The number of likely N-dealkylation sites (tertiary alicyclic amines) is 1. The lowest BCUT2D eigenvalue weighted by molar-refractivity contribution is 0.0305. The molecule has 0 bridgehead atoms. The number of nitrogens with zero attached hydrogens (tertiary/aromatic N) is 3. The molecule has 1 saturated carbocycles. The summed E-state index contributed by atoms with van der Waals surface area (Å²) < 4.78 is 0. The maximum atomic E-state index is 12.0. The lowest BCUT2D eigenvalue weighted by atomic mass is 9.70. The molecule has 3 aliphatic rings. The number of hydrogen-bond acceptors (Lipinski definition) is 4. The van der Waals surface area contributed by atoms with Crippen LogP contribution < -0.4 is 10.2 Å². The van der Waals surface area contributed by atoms with Gasteiger partial charge in [-0.2, -0.15) is 0 Å². The second-order valence-corrected chi connectivity index (χ2v) is 8.51. The van der Waals surface area contributed by atoms with Crippen LogP contribution in [0.1, 0.15) is 55.3 Å². The fourth-order valence-electron chi connectivity index (χ4n) is 4.80. The van der Waals surface area contributed by atoms with Crippen molar-refractivity contribution < 1.29 is 4.79 Å². The van der Waals surface area contributed by atoms with Crippen LogP contribution in [0.5, 0.6) is 0 Å². The summed E-state index contributed by atoms with van der Waals surface area (Å²) in [6, 6.07) is 4.76. The van der Waals surface area contributed by atoms with Gasteiger partial charge < -0.3 is 15.1 Å². The van der Waals surface area contributed by atoms with E-state index in [-0.39, 0.29) is 5.91 Å². The van der Waals surface area contributed by atoms with Crippen molar-refractivity contribution >= 4 is 11.7 Å². The van der Waals surface area contributed by atoms with Crippen molar-refractivity contribution in [3.8, 4) is 0 Å². The number of hydrogen-bond donors (Lipinski definition) is 1. The average Bonchev–Trinajstić information content (AvgIpc) is 2.67. The van der Waals surface area contributed by atoms with Crippen LogP contribution in [0.3, 0.4) is 0 Å². The van der Waals surface area contributed by atoms with Crippen LogP contribution in [0, 0.1) is 5.41 Å². The maximum absolute atomic E-state index is 12.0. The standard InChI is InChI=1S/C22H32N4O/c1-2-12-23-21(27)18-6-7-20(24-17-18)26-15-10-22(11-16-26)8-13-25(14-9-22)19-4-3-5-19/h2,6-7,17,19H,1,3-5,8-16H2,(H,23,27). The predicted molar refractivity (Wildman–Crippen MR) is 109 cm³/mol. The van der Waals surface area contributed by atoms with Gasteiger partial charge in [0, 0.05) is 31.9 Å². The Hall–Kier alpha value is -1.88. The topological polar surface area (TPSA) is 48.5 Å². The van der Waals surface area contributed by atoms with Crippen molar-refractivity contribution in [1.29, 1.82) is 0 Å². The number of nitrogens with one attached hydrogen (secondary N) is 1. The molecule has 5 nitrogen and oxygen atoms in total. The van der Waals surface area contributed by atoms with Crippen molar-refractivity contribution in [1.82, 2.24) is 15.2 Å². The number of amides is 1. The lowest BCUT2D eigenvalue weighted by Gasteiger charge is -2.50. The Kier molecular flexibility index (Phi) is 5.48. The highest BCUT2D eigenvalue weighted by atomic mass is 16.1. The molecule has 1 aromatic heterocycles. The molecule has 3 heterocycles. The molecular formula is C22H32N4O. The van der Waals surface area contributed by atoms with Gasteiger partial charge in [-0.05, 0) is 69.2 Å². The van der Waals surface area contributed by atoms with Gasteiger partial charge in [0.15, 0.2) is 0 Å². The van der Waals surface area contributed by atoms with Crippen LogP contribution in [-0.2, 0) is 0 Å². The second kappa shape index (κ2) is 8.01. The molecule has 1 N–H and O–H groups in total. The quantitative estimate of drug-likeness (QED) is 0.811. The van der Waals surface area contributed by atoms with Gasteiger partial charge in [0.1, 0.15) is 5.82 Å². The summed E-state index contributed by atoms with van der Waals surface area (Å²) >= 11 is 0. The highest BCUT2D eigenvalue weighted by molar-refractivity contribution is 5.94. The van der Waals surface area contributed by atoms with Crippen LogP contribution in [-0.4, -0.2) is 54.6 Å². The van der Waals surface area contributed by atoms with Gasteiger partial charge in [-0.15, -0.1) is 6.58 Å². The first-order valence-electron chi connectivity index (χ1n) is 10.5. The summed E-state index contributed by atoms with van der Waals surface area (Å²) in [5.41, 5.74) is 1.17. The fourth-order valence-corrected chi connectivity index (χ4v) is 4.80. The third kappa shape index (κ3) is 4.03. The van der Waals surface area contributed by atoms with Crippen molar-refractivity contribution in [2.24, 2.45) is 5.41 Å². The fraction of sp³-hybridized carbons (Fsp3) is 0.636. The van der Waals surface area contributed by atoms with E-state index in [1.807, 2.05) is 12.1 Å². The van der Waals surface area contributed by atoms with E-state index in [0.29, 0.717) is 17.5 Å². The number of pyridine rings is 1. The van der Waals surface area contributed by atoms with E-state index < -0.39 is 0 Å². The van der Waals surface area contributed by atoms with Crippen LogP contribution in [0.25, 0.3) is 0 Å². The number of aromatic nitrogens is 1. The average molecular weight is 369 g/mol. The third-order valence-corrected chi connectivity index (χ3v) is 7.01. The molecule has 0 aromatic carbocycles. The highest BCUT2D eigenvalue weighted by Crippen LogP contribution is 2.43. The normalized spacial score (nSPS) is 23.0. The number of carbonyl (C=O) groups excluding carboxylic acids is 1. The molecule has 4 rings (SSSR count). The smallest absolute Gasteiger partial charge is 0.253 e. The van der Waals surface area contributed by atoms with Gasteiger partial charge in [-0.25, -0.2) is 4.98 Å². The van der Waals surface area contributed by atoms with Gasteiger partial charge >= 0.3 is 0 Å². The van der Waals surface area contributed by atoms with E-state index in [2.05, 4.69) is 26.7 Å². The van der Waals surface area contributed by atoms with E-state index in [0.717, 1.165) is 24.9 Å². The first kappa shape index (κ1) is 18.5. The Bertz CT molecular complexity index is 649. The van der Waals surface area contributed by atoms with E-state index in [4.69, 9.17) is 0 Å². The molecule has 1 aliphatic carbocycles. The Morgan fingerprint density at radius 3 is 2.44 bits per heavy atom. The summed E-state index contributed by atoms with van der Waals surface area (Å²) in [4.78, 5) is 21.7. The summed E-state index contributed by atoms with van der Waals surface area (Å²) in [5, 5.41) is 2.79. The lowest BCUT2D eigenvalue weighted by Crippen LogP contribution is -2.51. The van der Waals surface area contributed by atoms with Crippen LogP contribution in [0.2, 0.25) is 0 Å². The van der Waals surface area contributed by atoms with Gasteiger partial charge in [0.05, 0.1) is 5.56 Å². The molecule has 2 aliphatic heterocycles. The number of carbonyl (C=O) groups is 1. The van der Waals surface area contributed by atoms with E-state index in [1.54, 1.807) is 12.3 Å². The van der Waals surface area contributed by atoms with Crippen LogP contribution in [0.15, 0.2) is 31.0 Å². The molecule has 27 heavy (non-hydrogen) atoms. The SMILES string of the molecule is C=CCNC(=O)c1ccc(N2CCC3(CC2)CCN(C2CCC2)CC3)nc1. The molecule has 1 aromatic rings. The summed E-state index contributed by atoms with van der Waals surface area (Å²) in [5.74, 6) is 0.904. The zero-order valence-corrected chi connectivity index (χ0v) is 16.3. The van der Waals surface area contributed by atoms with Crippen molar-refractivity contribution in [2.75, 3.05) is 37.6 Å². The Morgan fingerprint density at radius 1 is 1.19 bits per heavy atom. The predicted octanol–water partition coefficient (Wildman–Crippen LogP) is 3.23. The Balaban J connectivity index is 1.29. The Morgan fingerprint density at radius 2 is 1.89 bits per heavy atom. The zero-order valence-electron chi connectivity index (χ0n) is 16.3. The van der Waals surface area contributed by atoms with Gasteiger partial charge in [-0.1, -0.05) is 12.5 Å². The molecule has 5 heteroatoms. The minimum Gasteiger partial charge on any atom is -0.357 e. The molecule has 146 valence electrons. The molecule has 1 amide bonds. The molecule has 0 unspecified atom stereocenters. The van der Waals surface area contributed by atoms with Gasteiger partial charge in [0.25, 0.3) is 5.91 Å². The molecule has 2 saturated heterocycles. The van der Waals surface area contributed by atoms with Crippen LogP contribution >= 0.6 is 0 Å². The summed E-state index contributed by atoms with van der Waals surface area (Å²) in [6.45, 7) is 8.87. The van der Waals surface area contributed by atoms with Crippen LogP contribution in [0.4, 0.5) is 5.82 Å². The Labute approximate surface area is 162 Å². The largest absolute Gasteiger partial charge is 0.357 e. The first-order chi connectivity index (χ1) is 13.2. The number of rotatable bonds is 5. The van der Waals surface area contributed by atoms with Crippen molar-refractivity contribution in [3.63, 3.8) is 0 Å². The highest BCUT2D eigenvalue weighted by Gasteiger charge is 2.39. The maximum Gasteiger partial charge on any atom is 0.253 e. The molecule has 3 fully saturated rings. The molecule has 0 atom stereocenters. The van der Waals surface area contributed by atoms with E-state index in [1.165, 1.54) is 58.0 Å². The minimum atomic E-state index is -0.0928. The zero-order chi connectivity index (χ0) is 18.7. The molecule has 0 radical (unpaired) electrons. The van der Waals surface area contributed by atoms with E-state index in [9.17, 15) is 4.79 Å². The van der Waals surface area contributed by atoms with Gasteiger partial charge in [-0.3, -0.25) is 4.79 Å². The monoisotopic (exact) mass is 368 g/mol. The molecular weight excluding hydrogens is 336 g/mol. The van der Waals surface area contributed by atoms with Crippen molar-refractivity contribution in [3.05, 3.63) is 36.5 Å². The summed E-state index contributed by atoms with van der Waals surface area (Å²) in [7, 11) is 0.